The van der Waals surface area contributed by atoms with Crippen LogP contribution in [-0.2, 0) is 5.41 Å². The van der Waals surface area contributed by atoms with E-state index in [9.17, 15) is 0 Å². The highest BCUT2D eigenvalue weighted by Gasteiger charge is 2.36. The Labute approximate surface area is 85.9 Å². The van der Waals surface area contributed by atoms with Crippen LogP contribution in [0.5, 0.6) is 0 Å². The van der Waals surface area contributed by atoms with Crippen molar-refractivity contribution in [3.05, 3.63) is 11.8 Å². The van der Waals surface area contributed by atoms with Crippen LogP contribution in [0.2, 0.25) is 0 Å². The molecule has 2 rings (SSSR count). The van der Waals surface area contributed by atoms with Crippen molar-refractivity contribution in [3.63, 3.8) is 0 Å². The number of aromatic nitrogens is 1. The monoisotopic (exact) mass is 196 g/mol. The maximum Gasteiger partial charge on any atom is 0.224 e. The first-order valence-corrected chi connectivity index (χ1v) is 5.39. The van der Waals surface area contributed by atoms with E-state index >= 15 is 0 Å². The van der Waals surface area contributed by atoms with Crippen molar-refractivity contribution < 1.29 is 4.52 Å². The van der Waals surface area contributed by atoms with E-state index in [1.807, 2.05) is 27.0 Å². The highest BCUT2D eigenvalue weighted by Crippen LogP contribution is 2.42. The quantitative estimate of drug-likeness (QED) is 0.789. The predicted octanol–water partition coefficient (Wildman–Crippen LogP) is 3.18. The van der Waals surface area contributed by atoms with Crippen LogP contribution in [0, 0.1) is 0 Å². The van der Waals surface area contributed by atoms with Crippen LogP contribution < -0.4 is 5.32 Å². The molecule has 80 valence electrons. The molecule has 1 aromatic rings. The number of nitrogens with zero attached hydrogens (tertiary/aromatic N) is 1. The van der Waals surface area contributed by atoms with Gasteiger partial charge in [0.15, 0.2) is 0 Å². The van der Waals surface area contributed by atoms with Crippen LogP contribution in [0.3, 0.4) is 0 Å². The van der Waals surface area contributed by atoms with E-state index in [1.54, 1.807) is 0 Å². The molecule has 0 amide bonds. The van der Waals surface area contributed by atoms with E-state index in [1.165, 1.54) is 19.3 Å². The van der Waals surface area contributed by atoms with Gasteiger partial charge in [-0.1, -0.05) is 32.3 Å². The van der Waals surface area contributed by atoms with Crippen LogP contribution in [0.4, 0.5) is 5.88 Å². The molecule has 0 aromatic carbocycles. The van der Waals surface area contributed by atoms with Gasteiger partial charge in [-0.05, 0) is 12.8 Å². The molecule has 0 bridgehead atoms. The summed E-state index contributed by atoms with van der Waals surface area (Å²) in [6.45, 7) is 6.24. The maximum atomic E-state index is 5.07. The van der Waals surface area contributed by atoms with Gasteiger partial charge in [-0.3, -0.25) is 0 Å². The normalized spacial score (nSPS) is 17.7. The second-order valence-corrected chi connectivity index (χ2v) is 3.74. The lowest BCUT2D eigenvalue weighted by Gasteiger charge is -2.35. The third-order valence-electron chi connectivity index (χ3n) is 2.83. The number of hydrogen-bond acceptors (Lipinski definition) is 3. The Hall–Kier alpha value is -0.990. The molecule has 0 spiro atoms. The zero-order valence-electron chi connectivity index (χ0n) is 9.55. The lowest BCUT2D eigenvalue weighted by molar-refractivity contribution is 0.251. The second-order valence-electron chi connectivity index (χ2n) is 3.74. The second kappa shape index (κ2) is 4.49. The number of nitrogens with one attached hydrogen (secondary N) is 1. The van der Waals surface area contributed by atoms with Gasteiger partial charge in [-0.25, -0.2) is 0 Å². The van der Waals surface area contributed by atoms with E-state index < -0.39 is 0 Å². The number of anilines is 1. The average molecular weight is 196 g/mol. The summed E-state index contributed by atoms with van der Waals surface area (Å²) in [5, 5.41) is 6.98. The molecule has 14 heavy (non-hydrogen) atoms. The van der Waals surface area contributed by atoms with Crippen molar-refractivity contribution in [2.75, 3.05) is 12.4 Å². The summed E-state index contributed by atoms with van der Waals surface area (Å²) in [5.41, 5.74) is 1.39. The van der Waals surface area contributed by atoms with Gasteiger partial charge >= 0.3 is 0 Å². The minimum absolute atomic E-state index is 0.290. The molecule has 0 atom stereocenters. The van der Waals surface area contributed by atoms with Crippen molar-refractivity contribution >= 4 is 5.88 Å². The fraction of sp³-hybridized carbons (Fsp3) is 0.727. The van der Waals surface area contributed by atoms with Gasteiger partial charge in [0, 0.05) is 18.5 Å². The van der Waals surface area contributed by atoms with Gasteiger partial charge in [0.2, 0.25) is 5.88 Å². The molecule has 1 aliphatic carbocycles. The Morgan fingerprint density at radius 2 is 2.07 bits per heavy atom. The molecule has 0 aliphatic heterocycles. The molecule has 0 unspecified atom stereocenters. The van der Waals surface area contributed by atoms with Crippen molar-refractivity contribution in [1.29, 1.82) is 0 Å². The summed E-state index contributed by atoms with van der Waals surface area (Å²) in [5.74, 6) is 0.762. The highest BCUT2D eigenvalue weighted by molar-refractivity contribution is 5.34. The van der Waals surface area contributed by atoms with Gasteiger partial charge in [0.1, 0.15) is 0 Å². The van der Waals surface area contributed by atoms with Crippen LogP contribution in [0.25, 0.3) is 0 Å². The Morgan fingerprint density at radius 1 is 1.43 bits per heavy atom. The predicted molar refractivity (Wildman–Crippen MR) is 58.6 cm³/mol. The molecule has 1 N–H and O–H groups in total. The first-order chi connectivity index (χ1) is 6.74. The molecule has 1 saturated carbocycles. The first-order valence-electron chi connectivity index (χ1n) is 5.39. The highest BCUT2D eigenvalue weighted by atomic mass is 16.5. The zero-order chi connectivity index (χ0) is 10.6. The van der Waals surface area contributed by atoms with Crippen molar-refractivity contribution in [1.82, 2.24) is 5.16 Å². The van der Waals surface area contributed by atoms with Gasteiger partial charge in [0.05, 0.1) is 5.69 Å². The fourth-order valence-electron chi connectivity index (χ4n) is 1.64. The third-order valence-corrected chi connectivity index (χ3v) is 2.83. The Morgan fingerprint density at radius 3 is 2.43 bits per heavy atom. The Kier molecular flexibility index (Phi) is 3.55. The lowest BCUT2D eigenvalue weighted by atomic mass is 9.68. The van der Waals surface area contributed by atoms with E-state index in [2.05, 4.69) is 17.4 Å². The smallest absolute Gasteiger partial charge is 0.224 e. The van der Waals surface area contributed by atoms with Gasteiger partial charge in [-0.15, -0.1) is 0 Å². The van der Waals surface area contributed by atoms with E-state index in [4.69, 9.17) is 4.52 Å². The third kappa shape index (κ3) is 1.91. The van der Waals surface area contributed by atoms with Crippen LogP contribution in [0.15, 0.2) is 10.6 Å². The molecule has 3 nitrogen and oxygen atoms in total. The maximum absolute atomic E-state index is 5.07. The Balaban J connectivity index is 0.000000461. The number of hydrogen-bond donors (Lipinski definition) is 1. The molecule has 1 aliphatic rings. The van der Waals surface area contributed by atoms with E-state index in [-0.39, 0.29) is 0 Å². The molecule has 0 radical (unpaired) electrons. The number of rotatable bonds is 2. The van der Waals surface area contributed by atoms with Gasteiger partial charge in [-0.2, -0.15) is 0 Å². The first kappa shape index (κ1) is 11.1. The molecule has 1 fully saturated rings. The van der Waals surface area contributed by atoms with Gasteiger partial charge < -0.3 is 9.84 Å². The van der Waals surface area contributed by atoms with E-state index in [0.29, 0.717) is 5.41 Å². The minimum atomic E-state index is 0.290. The molecule has 1 aromatic heterocycles. The van der Waals surface area contributed by atoms with Crippen LogP contribution in [0.1, 0.15) is 45.7 Å². The molecule has 1 heterocycles. The minimum Gasteiger partial charge on any atom is -0.357 e. The summed E-state index contributed by atoms with van der Waals surface area (Å²) >= 11 is 0. The largest absolute Gasteiger partial charge is 0.357 e. The standard InChI is InChI=1S/C9H14N2O.C2H6/c1-9(4-3-5-9)7-6-8(10-2)12-11-7;1-2/h6,10H,3-5H2,1-2H3;1-2H3. The average Bonchev–Trinajstić information content (AvgIpc) is 2.66. The van der Waals surface area contributed by atoms with Crippen molar-refractivity contribution in [2.24, 2.45) is 0 Å². The summed E-state index contributed by atoms with van der Waals surface area (Å²) in [6.07, 6.45) is 3.80. The molecular weight excluding hydrogens is 176 g/mol. The zero-order valence-corrected chi connectivity index (χ0v) is 9.55. The van der Waals surface area contributed by atoms with E-state index in [0.717, 1.165) is 11.6 Å². The SMILES string of the molecule is CC.CNc1cc(C2(C)CCC2)no1. The summed E-state index contributed by atoms with van der Waals surface area (Å²) in [7, 11) is 1.84. The summed E-state index contributed by atoms with van der Waals surface area (Å²) < 4.78 is 5.07. The molecule has 0 saturated heterocycles. The molecular formula is C11H20N2O. The van der Waals surface area contributed by atoms with Crippen LogP contribution in [-0.4, -0.2) is 12.2 Å². The summed E-state index contributed by atoms with van der Waals surface area (Å²) in [4.78, 5) is 0. The molecule has 3 heteroatoms. The summed E-state index contributed by atoms with van der Waals surface area (Å²) in [6, 6.07) is 2.00. The fourth-order valence-corrected chi connectivity index (χ4v) is 1.64. The topological polar surface area (TPSA) is 38.1 Å². The van der Waals surface area contributed by atoms with Crippen molar-refractivity contribution in [2.45, 2.75) is 45.4 Å². The van der Waals surface area contributed by atoms with Gasteiger partial charge in [0.25, 0.3) is 0 Å². The Bertz CT molecular complexity index is 277. The lowest BCUT2D eigenvalue weighted by Crippen LogP contribution is -2.30. The van der Waals surface area contributed by atoms with Crippen molar-refractivity contribution in [3.8, 4) is 0 Å². The van der Waals surface area contributed by atoms with Crippen LogP contribution >= 0.6 is 0 Å².